The van der Waals surface area contributed by atoms with Crippen LogP contribution in [0, 0.1) is 0 Å². The van der Waals surface area contributed by atoms with Crippen LogP contribution in [0.1, 0.15) is 19.3 Å². The van der Waals surface area contributed by atoms with Crippen LogP contribution in [0.2, 0.25) is 0 Å². The molecular weight excluding hydrogens is 270 g/mol. The maximum atomic E-state index is 11.4. The van der Waals surface area contributed by atoms with Gasteiger partial charge in [0, 0.05) is 30.4 Å². The van der Waals surface area contributed by atoms with E-state index in [4.69, 9.17) is 11.6 Å². The van der Waals surface area contributed by atoms with Crippen LogP contribution in [0.25, 0.3) is 0 Å². The quantitative estimate of drug-likeness (QED) is 0.802. The largest absolute Gasteiger partial charge is 0.367 e. The first-order valence-corrected chi connectivity index (χ1v) is 8.57. The summed E-state index contributed by atoms with van der Waals surface area (Å²) in [5, 5.41) is 0. The van der Waals surface area contributed by atoms with Gasteiger partial charge in [0.05, 0.1) is 4.90 Å². The average molecular weight is 288 g/mol. The molecule has 1 aromatic rings. The van der Waals surface area contributed by atoms with E-state index in [9.17, 15) is 8.42 Å². The van der Waals surface area contributed by atoms with Gasteiger partial charge in [0.15, 0.2) is 9.84 Å². The van der Waals surface area contributed by atoms with Crippen molar-refractivity contribution < 1.29 is 8.42 Å². The van der Waals surface area contributed by atoms with Crippen molar-refractivity contribution in [2.75, 3.05) is 23.6 Å². The second-order valence-electron chi connectivity index (χ2n) is 4.76. The molecule has 0 saturated carbocycles. The summed E-state index contributed by atoms with van der Waals surface area (Å²) in [4.78, 5) is 2.65. The Labute approximate surface area is 114 Å². The Morgan fingerprint density at radius 2 is 1.94 bits per heavy atom. The fraction of sp³-hybridized carbons (Fsp3) is 0.538. The minimum absolute atomic E-state index is 0.365. The van der Waals surface area contributed by atoms with Crippen molar-refractivity contribution in [1.29, 1.82) is 0 Å². The molecule has 5 heteroatoms. The van der Waals surface area contributed by atoms with Crippen LogP contribution in [0.4, 0.5) is 5.69 Å². The third kappa shape index (κ3) is 2.98. The molecule has 0 N–H and O–H groups in total. The second-order valence-corrected chi connectivity index (χ2v) is 7.09. The fourth-order valence-electron chi connectivity index (χ4n) is 2.39. The van der Waals surface area contributed by atoms with Gasteiger partial charge >= 0.3 is 0 Å². The summed E-state index contributed by atoms with van der Waals surface area (Å²) in [5.41, 5.74) is 1.06. The number of anilines is 1. The van der Waals surface area contributed by atoms with Crippen molar-refractivity contribution in [2.45, 2.75) is 30.2 Å². The molecule has 1 unspecified atom stereocenters. The Morgan fingerprint density at radius 3 is 2.50 bits per heavy atom. The lowest BCUT2D eigenvalue weighted by Crippen LogP contribution is -2.40. The summed E-state index contributed by atoms with van der Waals surface area (Å²) in [6, 6.07) is 7.46. The Balaban J connectivity index is 2.23. The zero-order valence-electron chi connectivity index (χ0n) is 10.5. The first-order chi connectivity index (χ1) is 8.52. The smallest absolute Gasteiger partial charge is 0.175 e. The van der Waals surface area contributed by atoms with Crippen LogP contribution in [0.15, 0.2) is 29.2 Å². The first kappa shape index (κ1) is 13.7. The van der Waals surface area contributed by atoms with Crippen LogP contribution in [-0.4, -0.2) is 33.1 Å². The van der Waals surface area contributed by atoms with Crippen molar-refractivity contribution >= 4 is 27.1 Å². The van der Waals surface area contributed by atoms with Gasteiger partial charge in [-0.15, -0.1) is 11.6 Å². The van der Waals surface area contributed by atoms with Gasteiger partial charge < -0.3 is 4.90 Å². The standard InChI is InChI=1S/C13H18ClNO2S/c1-18(16,17)13-7-5-11(6-8-13)15-9-3-2-4-12(15)10-14/h5-8,12H,2-4,9-10H2,1H3. The van der Waals surface area contributed by atoms with E-state index in [2.05, 4.69) is 4.90 Å². The average Bonchev–Trinajstić information content (AvgIpc) is 2.38. The minimum Gasteiger partial charge on any atom is -0.367 e. The third-order valence-corrected chi connectivity index (χ3v) is 4.89. The number of hydrogen-bond acceptors (Lipinski definition) is 3. The number of benzene rings is 1. The van der Waals surface area contributed by atoms with E-state index in [0.717, 1.165) is 18.7 Å². The highest BCUT2D eigenvalue weighted by atomic mass is 35.5. The van der Waals surface area contributed by atoms with Gasteiger partial charge in [0.1, 0.15) is 0 Å². The van der Waals surface area contributed by atoms with Gasteiger partial charge in [-0.05, 0) is 43.5 Å². The summed E-state index contributed by atoms with van der Waals surface area (Å²) in [6.45, 7) is 0.996. The number of nitrogens with zero attached hydrogens (tertiary/aromatic N) is 1. The molecule has 2 rings (SSSR count). The maximum absolute atomic E-state index is 11.4. The number of piperidine rings is 1. The molecule has 1 atom stereocenters. The van der Waals surface area contributed by atoms with E-state index in [1.54, 1.807) is 12.1 Å². The van der Waals surface area contributed by atoms with Gasteiger partial charge in [-0.3, -0.25) is 0 Å². The highest BCUT2D eigenvalue weighted by Gasteiger charge is 2.21. The molecule has 1 aromatic carbocycles. The topological polar surface area (TPSA) is 37.4 Å². The van der Waals surface area contributed by atoms with Gasteiger partial charge in [-0.2, -0.15) is 0 Å². The van der Waals surface area contributed by atoms with Gasteiger partial charge in [-0.1, -0.05) is 0 Å². The molecule has 1 saturated heterocycles. The van der Waals surface area contributed by atoms with Crippen molar-refractivity contribution in [3.63, 3.8) is 0 Å². The van der Waals surface area contributed by atoms with E-state index in [0.29, 0.717) is 16.8 Å². The predicted octanol–water partition coefficient (Wildman–Crippen LogP) is 2.69. The van der Waals surface area contributed by atoms with E-state index in [1.165, 1.54) is 19.1 Å². The zero-order chi connectivity index (χ0) is 13.2. The van der Waals surface area contributed by atoms with Crippen LogP contribution in [0.3, 0.4) is 0 Å². The summed E-state index contributed by atoms with van der Waals surface area (Å²) < 4.78 is 22.8. The monoisotopic (exact) mass is 287 g/mol. The second kappa shape index (κ2) is 5.49. The number of sulfone groups is 1. The number of rotatable bonds is 3. The molecule has 0 aromatic heterocycles. The SMILES string of the molecule is CS(=O)(=O)c1ccc(N2CCCCC2CCl)cc1. The lowest BCUT2D eigenvalue weighted by atomic mass is 10.0. The van der Waals surface area contributed by atoms with Crippen molar-refractivity contribution in [3.05, 3.63) is 24.3 Å². The Hall–Kier alpha value is -0.740. The molecule has 1 fully saturated rings. The lowest BCUT2D eigenvalue weighted by molar-refractivity contribution is 0.488. The Bertz CT molecular complexity index is 498. The molecule has 1 aliphatic rings. The molecule has 0 aliphatic carbocycles. The molecule has 0 amide bonds. The summed E-state index contributed by atoms with van der Waals surface area (Å²) in [7, 11) is -3.11. The molecule has 0 bridgehead atoms. The Morgan fingerprint density at radius 1 is 1.28 bits per heavy atom. The molecule has 1 heterocycles. The van der Waals surface area contributed by atoms with Crippen molar-refractivity contribution in [2.24, 2.45) is 0 Å². The molecule has 3 nitrogen and oxygen atoms in total. The molecule has 100 valence electrons. The number of halogens is 1. The van der Waals surface area contributed by atoms with Crippen LogP contribution < -0.4 is 4.90 Å². The molecule has 18 heavy (non-hydrogen) atoms. The molecule has 0 spiro atoms. The number of hydrogen-bond donors (Lipinski definition) is 0. The van der Waals surface area contributed by atoms with Gasteiger partial charge in [0.25, 0.3) is 0 Å². The normalized spacial score (nSPS) is 21.0. The zero-order valence-corrected chi connectivity index (χ0v) is 12.0. The van der Waals surface area contributed by atoms with Gasteiger partial charge in [0.2, 0.25) is 0 Å². The maximum Gasteiger partial charge on any atom is 0.175 e. The van der Waals surface area contributed by atoms with E-state index < -0.39 is 9.84 Å². The minimum atomic E-state index is -3.11. The van der Waals surface area contributed by atoms with E-state index in [-0.39, 0.29) is 0 Å². The van der Waals surface area contributed by atoms with E-state index in [1.807, 2.05) is 12.1 Å². The highest BCUT2D eigenvalue weighted by molar-refractivity contribution is 7.90. The van der Waals surface area contributed by atoms with Crippen LogP contribution in [-0.2, 0) is 9.84 Å². The van der Waals surface area contributed by atoms with Crippen LogP contribution in [0.5, 0.6) is 0 Å². The lowest BCUT2D eigenvalue weighted by Gasteiger charge is -2.36. The predicted molar refractivity (Wildman–Crippen MR) is 75.3 cm³/mol. The summed E-state index contributed by atoms with van der Waals surface area (Å²) >= 11 is 5.99. The first-order valence-electron chi connectivity index (χ1n) is 6.15. The third-order valence-electron chi connectivity index (χ3n) is 3.40. The van der Waals surface area contributed by atoms with Crippen molar-refractivity contribution in [3.8, 4) is 0 Å². The number of alkyl halides is 1. The molecular formula is C13H18ClNO2S. The molecule has 1 aliphatic heterocycles. The van der Waals surface area contributed by atoms with E-state index >= 15 is 0 Å². The fourth-order valence-corrected chi connectivity index (χ4v) is 3.34. The highest BCUT2D eigenvalue weighted by Crippen LogP contribution is 2.26. The van der Waals surface area contributed by atoms with Gasteiger partial charge in [-0.25, -0.2) is 8.42 Å². The Kier molecular flexibility index (Phi) is 4.17. The van der Waals surface area contributed by atoms with Crippen LogP contribution >= 0.6 is 11.6 Å². The van der Waals surface area contributed by atoms with Crippen molar-refractivity contribution in [1.82, 2.24) is 0 Å². The summed E-state index contributed by atoms with van der Waals surface area (Å²) in [6.07, 6.45) is 4.72. The molecule has 0 radical (unpaired) electrons. The summed E-state index contributed by atoms with van der Waals surface area (Å²) in [5.74, 6) is 0.619.